The fraction of sp³-hybridized carbons (Fsp3) is 0.842. The van der Waals surface area contributed by atoms with Crippen LogP contribution in [0.15, 0.2) is 12.2 Å². The summed E-state index contributed by atoms with van der Waals surface area (Å²) in [7, 11) is 0. The van der Waals surface area contributed by atoms with E-state index in [0.29, 0.717) is 6.42 Å². The van der Waals surface area contributed by atoms with Crippen LogP contribution in [-0.2, 0) is 4.79 Å². The predicted molar refractivity (Wildman–Crippen MR) is 94.7 cm³/mol. The first kappa shape index (κ1) is 21.2. The average Bonchev–Trinajstić information content (AvgIpc) is 2.50. The molecule has 0 spiro atoms. The monoisotopic (exact) mass is 311 g/mol. The molecule has 0 rings (SSSR count). The SMILES string of the molecule is CCCCCCCCC=CCCCCCCCC(O)C(N)=O. The largest absolute Gasteiger partial charge is 0.383 e. The molecule has 3 heteroatoms. The number of hydrogen-bond donors (Lipinski definition) is 2. The lowest BCUT2D eigenvalue weighted by Gasteiger charge is -2.05. The van der Waals surface area contributed by atoms with Gasteiger partial charge in [0.2, 0.25) is 5.91 Å². The number of aliphatic hydroxyl groups is 1. The first-order valence-electron chi connectivity index (χ1n) is 9.30. The molecule has 130 valence electrons. The van der Waals surface area contributed by atoms with Crippen LogP contribution in [0.1, 0.15) is 96.8 Å². The topological polar surface area (TPSA) is 63.3 Å². The molecule has 0 fully saturated rings. The van der Waals surface area contributed by atoms with Crippen molar-refractivity contribution in [2.24, 2.45) is 5.73 Å². The maximum atomic E-state index is 10.6. The fourth-order valence-corrected chi connectivity index (χ4v) is 2.55. The number of hydrogen-bond acceptors (Lipinski definition) is 2. The molecule has 3 nitrogen and oxygen atoms in total. The molecule has 0 aliphatic carbocycles. The molecule has 0 aromatic rings. The molecule has 0 heterocycles. The van der Waals surface area contributed by atoms with Crippen molar-refractivity contribution in [2.75, 3.05) is 0 Å². The fourth-order valence-electron chi connectivity index (χ4n) is 2.55. The lowest BCUT2D eigenvalue weighted by Crippen LogP contribution is -2.27. The Kier molecular flexibility index (Phi) is 15.9. The van der Waals surface area contributed by atoms with Gasteiger partial charge in [-0.2, -0.15) is 0 Å². The van der Waals surface area contributed by atoms with Crippen LogP contribution in [0.5, 0.6) is 0 Å². The van der Waals surface area contributed by atoms with E-state index in [0.717, 1.165) is 12.8 Å². The Balaban J connectivity index is 3.16. The van der Waals surface area contributed by atoms with E-state index >= 15 is 0 Å². The van der Waals surface area contributed by atoms with E-state index in [1.54, 1.807) is 0 Å². The van der Waals surface area contributed by atoms with Gasteiger partial charge in [0.15, 0.2) is 0 Å². The molecule has 22 heavy (non-hydrogen) atoms. The maximum Gasteiger partial charge on any atom is 0.246 e. The summed E-state index contributed by atoms with van der Waals surface area (Å²) >= 11 is 0. The highest BCUT2D eigenvalue weighted by atomic mass is 16.3. The van der Waals surface area contributed by atoms with Crippen molar-refractivity contribution in [3.63, 3.8) is 0 Å². The Morgan fingerprint density at radius 2 is 1.32 bits per heavy atom. The third kappa shape index (κ3) is 15.6. The minimum atomic E-state index is -0.954. The van der Waals surface area contributed by atoms with E-state index in [1.165, 1.54) is 70.6 Å². The standard InChI is InChI=1S/C19H37NO2/c1-2-3-4-5-6-7-8-9-10-11-12-13-14-15-16-17-18(21)19(20)22/h9-10,18,21H,2-8,11-17H2,1H3,(H2,20,22). The molecule has 0 bridgehead atoms. The molecule has 1 atom stereocenters. The van der Waals surface area contributed by atoms with E-state index in [9.17, 15) is 9.90 Å². The number of allylic oxidation sites excluding steroid dienone is 2. The molecule has 1 amide bonds. The van der Waals surface area contributed by atoms with Crippen LogP contribution in [-0.4, -0.2) is 17.1 Å². The van der Waals surface area contributed by atoms with Gasteiger partial charge in [-0.25, -0.2) is 0 Å². The van der Waals surface area contributed by atoms with E-state index in [-0.39, 0.29) is 0 Å². The van der Waals surface area contributed by atoms with Crippen molar-refractivity contribution < 1.29 is 9.90 Å². The van der Waals surface area contributed by atoms with Crippen molar-refractivity contribution in [3.8, 4) is 0 Å². The highest BCUT2D eigenvalue weighted by molar-refractivity contribution is 5.78. The minimum Gasteiger partial charge on any atom is -0.383 e. The molecule has 0 aliphatic heterocycles. The lowest BCUT2D eigenvalue weighted by atomic mass is 10.1. The summed E-state index contributed by atoms with van der Waals surface area (Å²) in [5.74, 6) is -0.601. The number of carbonyl (C=O) groups is 1. The van der Waals surface area contributed by atoms with Gasteiger partial charge in [-0.05, 0) is 32.1 Å². The Bertz CT molecular complexity index is 277. The van der Waals surface area contributed by atoms with Gasteiger partial charge in [-0.3, -0.25) is 4.79 Å². The second kappa shape index (κ2) is 16.5. The van der Waals surface area contributed by atoms with Crippen molar-refractivity contribution in [3.05, 3.63) is 12.2 Å². The quantitative estimate of drug-likeness (QED) is 0.315. The molecule has 1 unspecified atom stereocenters. The van der Waals surface area contributed by atoms with Crippen molar-refractivity contribution in [1.82, 2.24) is 0 Å². The normalized spacial score (nSPS) is 12.8. The summed E-state index contributed by atoms with van der Waals surface area (Å²) in [4.78, 5) is 10.6. The molecule has 0 aliphatic rings. The van der Waals surface area contributed by atoms with Crippen LogP contribution in [0.25, 0.3) is 0 Å². The van der Waals surface area contributed by atoms with Gasteiger partial charge in [0.05, 0.1) is 0 Å². The Morgan fingerprint density at radius 1 is 0.864 bits per heavy atom. The second-order valence-corrected chi connectivity index (χ2v) is 6.29. The van der Waals surface area contributed by atoms with Gasteiger partial charge < -0.3 is 10.8 Å². The van der Waals surface area contributed by atoms with Crippen LogP contribution in [0.2, 0.25) is 0 Å². The summed E-state index contributed by atoms with van der Waals surface area (Å²) in [5, 5.41) is 9.25. The molecular formula is C19H37NO2. The molecule has 0 aromatic heterocycles. The summed E-state index contributed by atoms with van der Waals surface area (Å²) in [6.07, 6.45) is 20.5. The van der Waals surface area contributed by atoms with Crippen molar-refractivity contribution in [1.29, 1.82) is 0 Å². The summed E-state index contributed by atoms with van der Waals surface area (Å²) in [6, 6.07) is 0. The summed E-state index contributed by atoms with van der Waals surface area (Å²) < 4.78 is 0. The van der Waals surface area contributed by atoms with E-state index in [4.69, 9.17) is 5.73 Å². The molecule has 3 N–H and O–H groups in total. The smallest absolute Gasteiger partial charge is 0.246 e. The number of unbranched alkanes of at least 4 members (excludes halogenated alkanes) is 11. The van der Waals surface area contributed by atoms with Crippen molar-refractivity contribution in [2.45, 2.75) is 103 Å². The zero-order valence-electron chi connectivity index (χ0n) is 14.6. The minimum absolute atomic E-state index is 0.507. The first-order valence-corrected chi connectivity index (χ1v) is 9.30. The number of rotatable bonds is 16. The maximum absolute atomic E-state index is 10.6. The van der Waals surface area contributed by atoms with Gasteiger partial charge in [0.25, 0.3) is 0 Å². The highest BCUT2D eigenvalue weighted by Gasteiger charge is 2.08. The van der Waals surface area contributed by atoms with Crippen LogP contribution in [0.4, 0.5) is 0 Å². The van der Waals surface area contributed by atoms with Crippen LogP contribution < -0.4 is 5.73 Å². The summed E-state index contributed by atoms with van der Waals surface area (Å²) in [6.45, 7) is 2.26. The van der Waals surface area contributed by atoms with Gasteiger partial charge in [-0.15, -0.1) is 0 Å². The van der Waals surface area contributed by atoms with Crippen LogP contribution in [0.3, 0.4) is 0 Å². The predicted octanol–water partition coefficient (Wildman–Crippen LogP) is 4.87. The number of amides is 1. The first-order chi connectivity index (χ1) is 10.7. The van der Waals surface area contributed by atoms with E-state index in [2.05, 4.69) is 19.1 Å². The molecule has 0 saturated heterocycles. The highest BCUT2D eigenvalue weighted by Crippen LogP contribution is 2.10. The third-order valence-electron chi connectivity index (χ3n) is 4.07. The van der Waals surface area contributed by atoms with Gasteiger partial charge in [-0.1, -0.05) is 76.9 Å². The number of aliphatic hydroxyl groups excluding tert-OH is 1. The number of nitrogens with two attached hydrogens (primary N) is 1. The second-order valence-electron chi connectivity index (χ2n) is 6.29. The molecule has 0 aromatic carbocycles. The van der Waals surface area contributed by atoms with Crippen molar-refractivity contribution >= 4 is 5.91 Å². The van der Waals surface area contributed by atoms with Crippen LogP contribution in [0, 0.1) is 0 Å². The number of carbonyl (C=O) groups excluding carboxylic acids is 1. The van der Waals surface area contributed by atoms with Gasteiger partial charge in [0, 0.05) is 0 Å². The Morgan fingerprint density at radius 3 is 1.82 bits per heavy atom. The zero-order valence-corrected chi connectivity index (χ0v) is 14.6. The molecular weight excluding hydrogens is 274 g/mol. The van der Waals surface area contributed by atoms with Gasteiger partial charge in [0.1, 0.15) is 6.10 Å². The lowest BCUT2D eigenvalue weighted by molar-refractivity contribution is -0.126. The zero-order chi connectivity index (χ0) is 16.5. The Labute approximate surface area is 137 Å². The van der Waals surface area contributed by atoms with Crippen LogP contribution >= 0.6 is 0 Å². The summed E-state index contributed by atoms with van der Waals surface area (Å²) in [5.41, 5.74) is 5.00. The Hall–Kier alpha value is -0.830. The third-order valence-corrected chi connectivity index (χ3v) is 4.07. The van der Waals surface area contributed by atoms with E-state index in [1.807, 2.05) is 0 Å². The van der Waals surface area contributed by atoms with Gasteiger partial charge >= 0.3 is 0 Å². The molecule has 0 saturated carbocycles. The number of primary amides is 1. The molecule has 0 radical (unpaired) electrons. The average molecular weight is 312 g/mol. The van der Waals surface area contributed by atoms with E-state index < -0.39 is 12.0 Å².